The number of halogens is 6. The van der Waals surface area contributed by atoms with Gasteiger partial charge in [-0.1, -0.05) is 30.9 Å². The molecule has 0 heterocycles. The summed E-state index contributed by atoms with van der Waals surface area (Å²) < 4.78 is 120. The van der Waals surface area contributed by atoms with Crippen molar-refractivity contribution in [3.8, 4) is 0 Å². The van der Waals surface area contributed by atoms with Crippen LogP contribution in [0.4, 0.5) is 32.0 Å². The van der Waals surface area contributed by atoms with E-state index in [4.69, 9.17) is 0 Å². The first kappa shape index (κ1) is 19.3. The topological polar surface area (TPSA) is 71.5 Å². The normalized spacial score (nSPS) is 13.7. The van der Waals surface area contributed by atoms with Crippen LogP contribution < -0.4 is 3.71 Å². The molecule has 0 radical (unpaired) electrons. The molecule has 1 aromatic rings. The minimum Gasteiger partial charge on any atom is -0.196 e. The van der Waals surface area contributed by atoms with Gasteiger partial charge in [0.15, 0.2) is 0 Å². The van der Waals surface area contributed by atoms with Crippen LogP contribution in [0.5, 0.6) is 0 Å². The van der Waals surface area contributed by atoms with Gasteiger partial charge >= 0.3 is 31.1 Å². The molecule has 5 nitrogen and oxygen atoms in total. The summed E-state index contributed by atoms with van der Waals surface area (Å²) in [7, 11) is -13.8. The van der Waals surface area contributed by atoms with E-state index in [1.54, 1.807) is 0 Å². The van der Waals surface area contributed by atoms with Crippen molar-refractivity contribution in [3.63, 3.8) is 0 Å². The van der Waals surface area contributed by atoms with Crippen molar-refractivity contribution in [2.75, 3.05) is 3.71 Å². The van der Waals surface area contributed by atoms with E-state index < -0.39 is 46.0 Å². The smallest absolute Gasteiger partial charge is 0.196 e. The standard InChI is InChI=1S/C10H7F6NO4S2/c1-2-7-5-3-4-6-8(7)17(22(18,19)9(11,12)13)23(20,21)10(14,15)16/h2-6H,1H2. The van der Waals surface area contributed by atoms with Crippen LogP contribution in [0, 0.1) is 0 Å². The molecule has 0 fully saturated rings. The summed E-state index contributed by atoms with van der Waals surface area (Å²) in [5, 5.41) is 0. The maximum Gasteiger partial charge on any atom is 0.517 e. The molecule has 0 amide bonds. The van der Waals surface area contributed by atoms with E-state index in [1.807, 2.05) is 0 Å². The molecule has 0 aliphatic rings. The highest BCUT2D eigenvalue weighted by Gasteiger charge is 2.62. The fourth-order valence-electron chi connectivity index (χ4n) is 1.40. The fraction of sp³-hybridized carbons (Fsp3) is 0.200. The lowest BCUT2D eigenvalue weighted by atomic mass is 10.2. The number of alkyl halides is 6. The SMILES string of the molecule is C=Cc1ccccc1N(S(=O)(=O)C(F)(F)F)S(=O)(=O)C(F)(F)F. The molecule has 13 heteroatoms. The van der Waals surface area contributed by atoms with E-state index in [-0.39, 0.29) is 0 Å². The lowest BCUT2D eigenvalue weighted by Crippen LogP contribution is -2.49. The van der Waals surface area contributed by atoms with Gasteiger partial charge in [0.25, 0.3) is 0 Å². The Morgan fingerprint density at radius 2 is 1.26 bits per heavy atom. The van der Waals surface area contributed by atoms with Crippen molar-refractivity contribution in [3.05, 3.63) is 36.4 Å². The van der Waals surface area contributed by atoms with Crippen molar-refractivity contribution < 1.29 is 43.2 Å². The molecule has 0 aliphatic carbocycles. The number of rotatable bonds is 4. The molecule has 0 bridgehead atoms. The van der Waals surface area contributed by atoms with Gasteiger partial charge in [0.1, 0.15) is 0 Å². The van der Waals surface area contributed by atoms with Gasteiger partial charge in [0.2, 0.25) is 0 Å². The third kappa shape index (κ3) is 3.29. The number of sulfonamides is 2. The zero-order valence-corrected chi connectivity index (χ0v) is 12.4. The molecule has 0 saturated carbocycles. The highest BCUT2D eigenvalue weighted by Crippen LogP contribution is 2.40. The maximum atomic E-state index is 12.6. The van der Waals surface area contributed by atoms with Crippen molar-refractivity contribution in [2.45, 2.75) is 11.0 Å². The van der Waals surface area contributed by atoms with Gasteiger partial charge in [-0.2, -0.15) is 43.2 Å². The Bertz CT molecular complexity index is 766. The molecule has 0 saturated heterocycles. The zero-order valence-electron chi connectivity index (χ0n) is 10.8. The van der Waals surface area contributed by atoms with Gasteiger partial charge in [-0.05, 0) is 11.6 Å². The number of nitrogens with zero attached hydrogens (tertiary/aromatic N) is 1. The number of hydrogen-bond donors (Lipinski definition) is 0. The summed E-state index contributed by atoms with van der Waals surface area (Å²) >= 11 is 0. The van der Waals surface area contributed by atoms with Crippen LogP contribution in [0.15, 0.2) is 30.8 Å². The number of anilines is 1. The number of benzene rings is 1. The Morgan fingerprint density at radius 3 is 1.61 bits per heavy atom. The molecule has 1 aromatic carbocycles. The lowest BCUT2D eigenvalue weighted by molar-refractivity contribution is -0.0462. The highest BCUT2D eigenvalue weighted by molar-refractivity contribution is 8.11. The molecule has 0 aliphatic heterocycles. The Balaban J connectivity index is 3.90. The quantitative estimate of drug-likeness (QED) is 0.750. The molecule has 0 N–H and O–H groups in total. The molecule has 1 rings (SSSR count). The van der Waals surface area contributed by atoms with Crippen LogP contribution in [-0.2, 0) is 20.0 Å². The van der Waals surface area contributed by atoms with Crippen LogP contribution in [0.1, 0.15) is 5.56 Å². The maximum absolute atomic E-state index is 12.6. The summed E-state index contributed by atoms with van der Waals surface area (Å²) in [6.45, 7) is 3.08. The van der Waals surface area contributed by atoms with Crippen LogP contribution in [0.25, 0.3) is 6.08 Å². The molecule has 130 valence electrons. The van der Waals surface area contributed by atoms with Gasteiger partial charge < -0.3 is 0 Å². The first-order valence-electron chi connectivity index (χ1n) is 5.32. The first-order chi connectivity index (χ1) is 10.2. The van der Waals surface area contributed by atoms with Gasteiger partial charge in [-0.25, -0.2) is 0 Å². The molecule has 23 heavy (non-hydrogen) atoms. The van der Waals surface area contributed by atoms with Gasteiger partial charge in [-0.3, -0.25) is 0 Å². The molecule has 0 aromatic heterocycles. The molecule has 0 spiro atoms. The van der Waals surface area contributed by atoms with E-state index in [9.17, 15) is 43.2 Å². The zero-order chi connectivity index (χ0) is 18.3. The monoisotopic (exact) mass is 383 g/mol. The fourth-order valence-corrected chi connectivity index (χ4v) is 4.17. The summed E-state index contributed by atoms with van der Waals surface area (Å²) in [6, 6.07) is 3.38. The second-order valence-corrected chi connectivity index (χ2v) is 7.65. The summed E-state index contributed by atoms with van der Waals surface area (Å²) in [5.74, 6) is 0. The molecular formula is C10H7F6NO4S2. The minimum absolute atomic E-state index is 0.476. The average molecular weight is 383 g/mol. The van der Waals surface area contributed by atoms with Crippen molar-refractivity contribution in [2.24, 2.45) is 0 Å². The molecular weight excluding hydrogens is 376 g/mol. The number of hydrogen-bond acceptors (Lipinski definition) is 4. The van der Waals surface area contributed by atoms with Crippen LogP contribution in [0.3, 0.4) is 0 Å². The second-order valence-electron chi connectivity index (χ2n) is 3.86. The predicted molar refractivity (Wildman–Crippen MR) is 69.0 cm³/mol. The average Bonchev–Trinajstić information content (AvgIpc) is 2.36. The predicted octanol–water partition coefficient (Wildman–Crippen LogP) is 2.84. The number of para-hydroxylation sites is 1. The summed E-state index contributed by atoms with van der Waals surface area (Å²) in [5.41, 5.74) is -14.5. The Labute approximate surface area is 126 Å². The Hall–Kier alpha value is -1.76. The van der Waals surface area contributed by atoms with Gasteiger partial charge in [0.05, 0.1) is 5.69 Å². The minimum atomic E-state index is -6.89. The lowest BCUT2D eigenvalue weighted by Gasteiger charge is -2.26. The van der Waals surface area contributed by atoms with Crippen molar-refractivity contribution >= 4 is 31.8 Å². The third-order valence-corrected chi connectivity index (χ3v) is 5.99. The second kappa shape index (κ2) is 5.70. The van der Waals surface area contributed by atoms with E-state index in [0.717, 1.165) is 18.2 Å². The summed E-state index contributed by atoms with van der Waals surface area (Å²) in [4.78, 5) is 0. The molecule has 0 atom stereocenters. The highest BCUT2D eigenvalue weighted by atomic mass is 32.3. The summed E-state index contributed by atoms with van der Waals surface area (Å²) in [6.07, 6.45) is 0.708. The van der Waals surface area contributed by atoms with E-state index in [2.05, 4.69) is 6.58 Å². The van der Waals surface area contributed by atoms with Crippen molar-refractivity contribution in [1.82, 2.24) is 0 Å². The third-order valence-electron chi connectivity index (χ3n) is 2.37. The van der Waals surface area contributed by atoms with Gasteiger partial charge in [0, 0.05) is 0 Å². The first-order valence-corrected chi connectivity index (χ1v) is 8.20. The van der Waals surface area contributed by atoms with E-state index in [0.29, 0.717) is 12.1 Å². The van der Waals surface area contributed by atoms with E-state index in [1.165, 1.54) is 0 Å². The van der Waals surface area contributed by atoms with Crippen LogP contribution >= 0.6 is 0 Å². The van der Waals surface area contributed by atoms with E-state index >= 15 is 0 Å². The van der Waals surface area contributed by atoms with Gasteiger partial charge in [-0.15, -0.1) is 3.71 Å². The Kier molecular flexibility index (Phi) is 4.78. The van der Waals surface area contributed by atoms with Crippen LogP contribution in [-0.4, -0.2) is 27.9 Å². The Morgan fingerprint density at radius 1 is 0.870 bits per heavy atom. The largest absolute Gasteiger partial charge is 0.517 e. The molecule has 0 unspecified atom stereocenters. The van der Waals surface area contributed by atoms with Crippen molar-refractivity contribution in [1.29, 1.82) is 0 Å². The van der Waals surface area contributed by atoms with Crippen LogP contribution in [0.2, 0.25) is 0 Å².